The molecule has 1 N–H and O–H groups in total. The number of sulfonamides is 1. The van der Waals surface area contributed by atoms with Gasteiger partial charge in [0.25, 0.3) is 0 Å². The van der Waals surface area contributed by atoms with Gasteiger partial charge in [-0.15, -0.1) is 0 Å². The minimum Gasteiger partial charge on any atom is -0.389 e. The maximum atomic E-state index is 12.1. The Morgan fingerprint density at radius 2 is 2.22 bits per heavy atom. The molecule has 0 amide bonds. The number of rotatable bonds is 6. The molecule has 1 rings (SSSR count). The first-order valence-electron chi connectivity index (χ1n) is 5.13. The predicted molar refractivity (Wildman–Crippen MR) is 66.9 cm³/mol. The summed E-state index contributed by atoms with van der Waals surface area (Å²) in [6.07, 6.45) is 0.298. The highest BCUT2D eigenvalue weighted by Crippen LogP contribution is 2.15. The van der Waals surface area contributed by atoms with Crippen LogP contribution in [0.25, 0.3) is 0 Å². The minimum atomic E-state index is -3.67. The van der Waals surface area contributed by atoms with Crippen LogP contribution in [0.2, 0.25) is 5.15 Å². The van der Waals surface area contributed by atoms with Crippen LogP contribution in [0.5, 0.6) is 0 Å². The minimum absolute atomic E-state index is 0.0269. The summed E-state index contributed by atoms with van der Waals surface area (Å²) in [7, 11) is -0.863. The summed E-state index contributed by atoms with van der Waals surface area (Å²) in [5.41, 5.74) is 0. The number of aromatic nitrogens is 1. The van der Waals surface area contributed by atoms with Gasteiger partial charge in [0.05, 0.1) is 12.7 Å². The molecule has 0 aliphatic rings. The lowest BCUT2D eigenvalue weighted by atomic mass is 10.4. The topological polar surface area (TPSA) is 79.7 Å². The Morgan fingerprint density at radius 1 is 1.56 bits per heavy atom. The second kappa shape index (κ2) is 6.44. The van der Waals surface area contributed by atoms with Crippen molar-refractivity contribution in [2.24, 2.45) is 0 Å². The van der Waals surface area contributed by atoms with Gasteiger partial charge in [-0.25, -0.2) is 13.4 Å². The Labute approximate surface area is 111 Å². The van der Waals surface area contributed by atoms with E-state index < -0.39 is 16.1 Å². The average molecular weight is 295 g/mol. The van der Waals surface area contributed by atoms with E-state index in [2.05, 4.69) is 4.98 Å². The first kappa shape index (κ1) is 15.3. The van der Waals surface area contributed by atoms with Gasteiger partial charge in [0.1, 0.15) is 10.0 Å². The Balaban J connectivity index is 2.83. The summed E-state index contributed by atoms with van der Waals surface area (Å²) < 4.78 is 29.9. The van der Waals surface area contributed by atoms with Gasteiger partial charge in [0.2, 0.25) is 10.0 Å². The largest absolute Gasteiger partial charge is 0.389 e. The number of likely N-dealkylation sites (N-methyl/N-ethyl adjacent to an activating group) is 1. The standard InChI is InChI=1S/C10H15ClN2O4S/c1-13(6-8(14)7-17-2)18(15,16)9-3-4-10(11)12-5-9/h3-5,8,14H,6-7H2,1-2H3. The lowest BCUT2D eigenvalue weighted by Crippen LogP contribution is -2.36. The highest BCUT2D eigenvalue weighted by Gasteiger charge is 2.23. The van der Waals surface area contributed by atoms with Crippen molar-refractivity contribution in [2.75, 3.05) is 27.3 Å². The van der Waals surface area contributed by atoms with Crippen LogP contribution in [0.1, 0.15) is 0 Å². The van der Waals surface area contributed by atoms with Crippen molar-refractivity contribution in [3.8, 4) is 0 Å². The first-order chi connectivity index (χ1) is 8.37. The second-order valence-corrected chi connectivity index (χ2v) is 6.14. The molecule has 0 saturated carbocycles. The zero-order chi connectivity index (χ0) is 13.8. The van der Waals surface area contributed by atoms with E-state index in [4.69, 9.17) is 16.3 Å². The SMILES string of the molecule is COCC(O)CN(C)S(=O)(=O)c1ccc(Cl)nc1. The van der Waals surface area contributed by atoms with E-state index in [-0.39, 0.29) is 23.2 Å². The molecule has 1 unspecified atom stereocenters. The fourth-order valence-corrected chi connectivity index (χ4v) is 2.60. The third-order valence-electron chi connectivity index (χ3n) is 2.24. The van der Waals surface area contributed by atoms with Crippen LogP contribution in [0.15, 0.2) is 23.2 Å². The number of aliphatic hydroxyl groups excluding tert-OH is 1. The van der Waals surface area contributed by atoms with Gasteiger partial charge in [-0.05, 0) is 12.1 Å². The lowest BCUT2D eigenvalue weighted by molar-refractivity contribution is 0.0554. The molecule has 0 aliphatic heterocycles. The van der Waals surface area contributed by atoms with E-state index in [1.165, 1.54) is 32.5 Å². The van der Waals surface area contributed by atoms with E-state index >= 15 is 0 Å². The maximum Gasteiger partial charge on any atom is 0.244 e. The van der Waals surface area contributed by atoms with Gasteiger partial charge >= 0.3 is 0 Å². The van der Waals surface area contributed by atoms with Crippen molar-refractivity contribution in [1.82, 2.24) is 9.29 Å². The Bertz CT molecular complexity index is 477. The van der Waals surface area contributed by atoms with Crippen LogP contribution in [0, 0.1) is 0 Å². The smallest absolute Gasteiger partial charge is 0.244 e. The molecule has 0 spiro atoms. The highest BCUT2D eigenvalue weighted by molar-refractivity contribution is 7.89. The number of methoxy groups -OCH3 is 1. The van der Waals surface area contributed by atoms with Crippen LogP contribution in [0.3, 0.4) is 0 Å². The summed E-state index contributed by atoms with van der Waals surface area (Å²) >= 11 is 5.59. The molecule has 0 aromatic carbocycles. The van der Waals surface area contributed by atoms with Crippen LogP contribution in [-0.4, -0.2) is 56.2 Å². The highest BCUT2D eigenvalue weighted by atomic mass is 35.5. The Kier molecular flexibility index (Phi) is 5.48. The van der Waals surface area contributed by atoms with Crippen LogP contribution in [-0.2, 0) is 14.8 Å². The average Bonchev–Trinajstić information content (AvgIpc) is 2.29. The van der Waals surface area contributed by atoms with Crippen LogP contribution < -0.4 is 0 Å². The maximum absolute atomic E-state index is 12.1. The molecule has 0 saturated heterocycles. The van der Waals surface area contributed by atoms with Crippen LogP contribution in [0.4, 0.5) is 0 Å². The normalized spacial score (nSPS) is 13.8. The van der Waals surface area contributed by atoms with E-state index in [9.17, 15) is 13.5 Å². The van der Waals surface area contributed by atoms with Crippen molar-refractivity contribution < 1.29 is 18.3 Å². The number of halogens is 1. The van der Waals surface area contributed by atoms with E-state index in [1.807, 2.05) is 0 Å². The van der Waals surface area contributed by atoms with Gasteiger partial charge in [-0.2, -0.15) is 4.31 Å². The van der Waals surface area contributed by atoms with Crippen molar-refractivity contribution in [1.29, 1.82) is 0 Å². The molecular weight excluding hydrogens is 280 g/mol. The van der Waals surface area contributed by atoms with Crippen molar-refractivity contribution in [3.63, 3.8) is 0 Å². The molecule has 0 bridgehead atoms. The van der Waals surface area contributed by atoms with Crippen molar-refractivity contribution in [3.05, 3.63) is 23.5 Å². The number of hydrogen-bond acceptors (Lipinski definition) is 5. The number of hydrogen-bond donors (Lipinski definition) is 1. The monoisotopic (exact) mass is 294 g/mol. The molecule has 0 aliphatic carbocycles. The van der Waals surface area contributed by atoms with Crippen molar-refractivity contribution >= 4 is 21.6 Å². The van der Waals surface area contributed by atoms with E-state index in [0.717, 1.165) is 4.31 Å². The van der Waals surface area contributed by atoms with Gasteiger partial charge in [0, 0.05) is 26.9 Å². The number of pyridine rings is 1. The van der Waals surface area contributed by atoms with Gasteiger partial charge in [0.15, 0.2) is 0 Å². The third kappa shape index (κ3) is 3.89. The van der Waals surface area contributed by atoms with E-state index in [1.54, 1.807) is 0 Å². The zero-order valence-corrected chi connectivity index (χ0v) is 11.6. The molecule has 1 atom stereocenters. The molecule has 8 heteroatoms. The lowest BCUT2D eigenvalue weighted by Gasteiger charge is -2.19. The Morgan fingerprint density at radius 3 is 2.72 bits per heavy atom. The van der Waals surface area contributed by atoms with Gasteiger partial charge in [-0.3, -0.25) is 0 Å². The molecule has 102 valence electrons. The fraction of sp³-hybridized carbons (Fsp3) is 0.500. The molecule has 18 heavy (non-hydrogen) atoms. The predicted octanol–water partition coefficient (Wildman–Crippen LogP) is 0.363. The summed E-state index contributed by atoms with van der Waals surface area (Å²) in [4.78, 5) is 3.74. The zero-order valence-electron chi connectivity index (χ0n) is 10.1. The molecule has 1 heterocycles. The number of nitrogens with zero attached hydrogens (tertiary/aromatic N) is 2. The third-order valence-corrected chi connectivity index (χ3v) is 4.27. The summed E-state index contributed by atoms with van der Waals surface area (Å²) in [6.45, 7) is 0.0114. The molecular formula is C10H15ClN2O4S. The Hall–Kier alpha value is -0.730. The number of aliphatic hydroxyl groups is 1. The molecule has 0 fully saturated rings. The van der Waals surface area contributed by atoms with Gasteiger partial charge < -0.3 is 9.84 Å². The van der Waals surface area contributed by atoms with Crippen LogP contribution >= 0.6 is 11.6 Å². The molecule has 6 nitrogen and oxygen atoms in total. The van der Waals surface area contributed by atoms with Gasteiger partial charge in [-0.1, -0.05) is 11.6 Å². The second-order valence-electron chi connectivity index (χ2n) is 3.71. The molecule has 1 aromatic heterocycles. The first-order valence-corrected chi connectivity index (χ1v) is 6.94. The van der Waals surface area contributed by atoms with Crippen molar-refractivity contribution in [2.45, 2.75) is 11.0 Å². The summed E-state index contributed by atoms with van der Waals surface area (Å²) in [6, 6.07) is 2.76. The van der Waals surface area contributed by atoms with E-state index in [0.29, 0.717) is 0 Å². The molecule has 1 aromatic rings. The molecule has 0 radical (unpaired) electrons. The fourth-order valence-electron chi connectivity index (χ4n) is 1.33. The summed E-state index contributed by atoms with van der Waals surface area (Å²) in [5, 5.41) is 9.72. The quantitative estimate of drug-likeness (QED) is 0.767. The number of ether oxygens (including phenoxy) is 1. The summed E-state index contributed by atoms with van der Waals surface area (Å²) in [5.74, 6) is 0.